The van der Waals surface area contributed by atoms with Gasteiger partial charge >= 0.3 is 0 Å². The van der Waals surface area contributed by atoms with Crippen molar-refractivity contribution in [3.05, 3.63) is 65.6 Å². The molecular weight excluding hydrogens is 394 g/mol. The summed E-state index contributed by atoms with van der Waals surface area (Å²) in [7, 11) is 0. The Morgan fingerprint density at radius 2 is 2.10 bits per heavy atom. The van der Waals surface area contributed by atoms with Gasteiger partial charge in [-0.05, 0) is 36.8 Å². The number of amides is 1. The van der Waals surface area contributed by atoms with Crippen LogP contribution in [0, 0.1) is 18.3 Å². The topological polar surface area (TPSA) is 128 Å². The van der Waals surface area contributed by atoms with Gasteiger partial charge < -0.3 is 0 Å². The van der Waals surface area contributed by atoms with E-state index in [1.807, 2.05) is 37.3 Å². The second-order valence-corrected chi connectivity index (χ2v) is 7.09. The number of H-pyrrole nitrogens is 1. The molecule has 5 rings (SSSR count). The van der Waals surface area contributed by atoms with Gasteiger partial charge in [-0.25, -0.2) is 9.97 Å². The van der Waals surface area contributed by atoms with Crippen LogP contribution in [-0.4, -0.2) is 42.5 Å². The van der Waals surface area contributed by atoms with E-state index < -0.39 is 0 Å². The quantitative estimate of drug-likeness (QED) is 0.525. The van der Waals surface area contributed by atoms with Crippen molar-refractivity contribution in [1.82, 2.24) is 30.1 Å². The van der Waals surface area contributed by atoms with E-state index in [1.165, 1.54) is 6.33 Å². The fourth-order valence-electron chi connectivity index (χ4n) is 3.56. The van der Waals surface area contributed by atoms with Gasteiger partial charge in [0.15, 0.2) is 11.6 Å². The molecule has 10 heteroatoms. The van der Waals surface area contributed by atoms with Gasteiger partial charge in [0.1, 0.15) is 18.6 Å². The summed E-state index contributed by atoms with van der Waals surface area (Å²) in [5.41, 5.74) is 7.46. The number of anilines is 1. The Morgan fingerprint density at radius 1 is 1.19 bits per heavy atom. The molecule has 4 aromatic rings. The van der Waals surface area contributed by atoms with Crippen LogP contribution in [-0.2, 0) is 11.3 Å². The highest BCUT2D eigenvalue weighted by Crippen LogP contribution is 2.29. The molecule has 4 heterocycles. The average Bonchev–Trinajstić information content (AvgIpc) is 3.46. The molecular formula is C21H17N9O. The van der Waals surface area contributed by atoms with Crippen LogP contribution in [0.4, 0.5) is 5.82 Å². The van der Waals surface area contributed by atoms with Gasteiger partial charge in [0.25, 0.3) is 0 Å². The zero-order valence-corrected chi connectivity index (χ0v) is 16.6. The van der Waals surface area contributed by atoms with Crippen molar-refractivity contribution in [3.63, 3.8) is 0 Å². The monoisotopic (exact) mass is 411 g/mol. The average molecular weight is 411 g/mol. The molecule has 0 saturated heterocycles. The lowest BCUT2D eigenvalue weighted by Gasteiger charge is -2.28. The molecule has 2 N–H and O–H groups in total. The minimum atomic E-state index is -0.0724. The summed E-state index contributed by atoms with van der Waals surface area (Å²) in [5.74, 6) is 1.15. The van der Waals surface area contributed by atoms with Crippen LogP contribution >= 0.6 is 0 Å². The van der Waals surface area contributed by atoms with Gasteiger partial charge in [0, 0.05) is 17.3 Å². The van der Waals surface area contributed by atoms with Gasteiger partial charge in [-0.2, -0.15) is 20.3 Å². The molecule has 1 amide bonds. The largest absolute Gasteiger partial charge is 0.299 e. The number of carbonyl (C=O) groups is 1. The number of hydrogen-bond donors (Lipinski definition) is 2. The third-order valence-electron chi connectivity index (χ3n) is 5.06. The van der Waals surface area contributed by atoms with Crippen molar-refractivity contribution in [2.24, 2.45) is 0 Å². The fraction of sp³-hybridized carbons (Fsp3) is 0.143. The summed E-state index contributed by atoms with van der Waals surface area (Å²) in [4.78, 5) is 24.6. The number of aromatic nitrogens is 6. The maximum absolute atomic E-state index is 12.6. The lowest BCUT2D eigenvalue weighted by atomic mass is 10.1. The van der Waals surface area contributed by atoms with Gasteiger partial charge in [-0.3, -0.25) is 20.2 Å². The van der Waals surface area contributed by atoms with Crippen LogP contribution in [0.15, 0.2) is 48.8 Å². The maximum Gasteiger partial charge on any atom is 0.249 e. The molecule has 0 atom stereocenters. The Balaban J connectivity index is 1.48. The Morgan fingerprint density at radius 3 is 2.87 bits per heavy atom. The summed E-state index contributed by atoms with van der Waals surface area (Å²) in [6.07, 6.45) is 1.44. The van der Waals surface area contributed by atoms with E-state index in [2.05, 4.69) is 36.8 Å². The number of nitrogens with one attached hydrogen (secondary N) is 2. The number of hydrogen-bond acceptors (Lipinski definition) is 7. The number of nitrogens with zero attached hydrogens (tertiary/aromatic N) is 7. The molecule has 31 heavy (non-hydrogen) atoms. The van der Waals surface area contributed by atoms with Crippen LogP contribution in [0.5, 0.6) is 0 Å². The molecule has 1 aromatic carbocycles. The van der Waals surface area contributed by atoms with Crippen LogP contribution in [0.3, 0.4) is 0 Å². The molecule has 3 aromatic heterocycles. The third kappa shape index (κ3) is 3.38. The Hall–Kier alpha value is -4.52. The van der Waals surface area contributed by atoms with E-state index in [0.717, 1.165) is 16.8 Å². The Kier molecular flexibility index (Phi) is 4.41. The fourth-order valence-corrected chi connectivity index (χ4v) is 3.56. The molecule has 0 radical (unpaired) electrons. The van der Waals surface area contributed by atoms with E-state index >= 15 is 0 Å². The first-order chi connectivity index (χ1) is 15.1. The maximum atomic E-state index is 12.6. The highest BCUT2D eigenvalue weighted by atomic mass is 16.2. The molecule has 1 aliphatic heterocycles. The zero-order chi connectivity index (χ0) is 21.4. The summed E-state index contributed by atoms with van der Waals surface area (Å²) in [5, 5.41) is 20.4. The number of aromatic amines is 1. The molecule has 10 nitrogen and oxygen atoms in total. The second kappa shape index (κ2) is 7.38. The van der Waals surface area contributed by atoms with Crippen molar-refractivity contribution in [3.8, 4) is 28.8 Å². The van der Waals surface area contributed by atoms with Crippen molar-refractivity contribution in [2.45, 2.75) is 13.5 Å². The first kappa shape index (κ1) is 18.5. The summed E-state index contributed by atoms with van der Waals surface area (Å²) < 4.78 is 0. The minimum Gasteiger partial charge on any atom is -0.299 e. The van der Waals surface area contributed by atoms with Crippen molar-refractivity contribution in [1.29, 1.82) is 5.26 Å². The van der Waals surface area contributed by atoms with E-state index in [4.69, 9.17) is 5.26 Å². The highest BCUT2D eigenvalue weighted by Gasteiger charge is 2.27. The molecule has 0 spiro atoms. The molecule has 0 saturated carbocycles. The Labute approximate surface area is 177 Å². The van der Waals surface area contributed by atoms with Crippen LogP contribution in [0.1, 0.15) is 16.8 Å². The first-order valence-electron chi connectivity index (χ1n) is 9.59. The molecule has 0 fully saturated rings. The van der Waals surface area contributed by atoms with Gasteiger partial charge in [-0.15, -0.1) is 0 Å². The van der Waals surface area contributed by atoms with Gasteiger partial charge in [0.05, 0.1) is 23.9 Å². The molecule has 0 unspecified atom stereocenters. The second-order valence-electron chi connectivity index (χ2n) is 7.09. The number of rotatable bonds is 4. The van der Waals surface area contributed by atoms with Crippen molar-refractivity contribution < 1.29 is 4.79 Å². The number of carbonyl (C=O) groups excluding carboxylic acids is 1. The van der Waals surface area contributed by atoms with E-state index in [-0.39, 0.29) is 12.5 Å². The summed E-state index contributed by atoms with van der Waals surface area (Å²) in [6.45, 7) is 2.38. The number of aryl methyl sites for hydroxylation is 1. The third-order valence-corrected chi connectivity index (χ3v) is 5.06. The standard InChI is InChI=1S/C21H17N9O/c1-13-16(5-6-17(26-13)21-23-12-24-27-21)18-8-19-29(20(31)10-25-30(19)28-18)11-15-4-2-3-14(7-15)9-22/h2-8,12,25H,10-11H2,1H3,(H,23,24,27). The Bertz CT molecular complexity index is 1320. The van der Waals surface area contributed by atoms with Gasteiger partial charge in [-0.1, -0.05) is 12.1 Å². The SMILES string of the molecule is Cc1nc(-c2ncn[nH]2)ccc1-c1cc2n(n1)NCC(=O)N2Cc1cccc(C#N)c1. The minimum absolute atomic E-state index is 0.0724. The van der Waals surface area contributed by atoms with Crippen LogP contribution in [0.25, 0.3) is 22.8 Å². The van der Waals surface area contributed by atoms with Crippen LogP contribution < -0.4 is 10.3 Å². The molecule has 0 bridgehead atoms. The predicted molar refractivity (Wildman–Crippen MR) is 112 cm³/mol. The first-order valence-corrected chi connectivity index (χ1v) is 9.59. The van der Waals surface area contributed by atoms with E-state index in [0.29, 0.717) is 35.1 Å². The summed E-state index contributed by atoms with van der Waals surface area (Å²) in [6, 6.07) is 15.0. The van der Waals surface area contributed by atoms with Crippen LogP contribution in [0.2, 0.25) is 0 Å². The lowest BCUT2D eigenvalue weighted by Crippen LogP contribution is -2.44. The normalized spacial score (nSPS) is 12.9. The van der Waals surface area contributed by atoms with Crippen molar-refractivity contribution >= 4 is 11.7 Å². The van der Waals surface area contributed by atoms with E-state index in [1.54, 1.807) is 21.8 Å². The molecule has 152 valence electrons. The number of benzene rings is 1. The van der Waals surface area contributed by atoms with Gasteiger partial charge in [0.2, 0.25) is 5.91 Å². The highest BCUT2D eigenvalue weighted by molar-refractivity contribution is 5.96. The zero-order valence-electron chi connectivity index (χ0n) is 16.6. The number of nitriles is 1. The predicted octanol–water partition coefficient (Wildman–Crippen LogP) is 2.00. The lowest BCUT2D eigenvalue weighted by molar-refractivity contribution is -0.117. The smallest absolute Gasteiger partial charge is 0.249 e. The van der Waals surface area contributed by atoms with Crippen molar-refractivity contribution in [2.75, 3.05) is 16.9 Å². The van der Waals surface area contributed by atoms with E-state index in [9.17, 15) is 4.79 Å². The number of fused-ring (bicyclic) bond motifs is 1. The summed E-state index contributed by atoms with van der Waals surface area (Å²) >= 11 is 0. The molecule has 1 aliphatic rings. The number of pyridine rings is 1. The molecule has 0 aliphatic carbocycles.